The number of esters is 1. The number of ketones is 1. The maximum Gasteiger partial charge on any atom is 0.327 e. The lowest BCUT2D eigenvalue weighted by atomic mass is 9.99. The number of halogens is 2. The van der Waals surface area contributed by atoms with Crippen LogP contribution in [0.1, 0.15) is 42.7 Å². The first-order valence-corrected chi connectivity index (χ1v) is 10.8. The molecule has 9 heteroatoms. The molecule has 0 aromatic heterocycles. The fraction of sp³-hybridized carbons (Fsp3) is 0.120. The number of hydrogen-bond donors (Lipinski definition) is 0. The van der Waals surface area contributed by atoms with E-state index in [2.05, 4.69) is 0 Å². The van der Waals surface area contributed by atoms with Gasteiger partial charge in [0.2, 0.25) is 5.78 Å². The number of carbonyl (C=O) groups excluding carboxylic acids is 4. The predicted molar refractivity (Wildman–Crippen MR) is 124 cm³/mol. The van der Waals surface area contributed by atoms with Gasteiger partial charge in [-0.3, -0.25) is 24.1 Å². The second-order valence-corrected chi connectivity index (χ2v) is 8.20. The molecule has 3 aromatic carbocycles. The molecule has 0 saturated heterocycles. The van der Waals surface area contributed by atoms with Crippen molar-refractivity contribution in [2.45, 2.75) is 6.10 Å². The van der Waals surface area contributed by atoms with Crippen molar-refractivity contribution in [2.75, 3.05) is 13.7 Å². The van der Waals surface area contributed by atoms with Crippen molar-refractivity contribution in [2.24, 2.45) is 0 Å². The van der Waals surface area contributed by atoms with Crippen molar-refractivity contribution >= 4 is 46.8 Å². The predicted octanol–water partition coefficient (Wildman–Crippen LogP) is 4.77. The van der Waals surface area contributed by atoms with Crippen LogP contribution in [-0.4, -0.2) is 42.1 Å². The zero-order valence-corrected chi connectivity index (χ0v) is 19.3. The topological polar surface area (TPSA) is 90.0 Å². The van der Waals surface area contributed by atoms with E-state index in [-0.39, 0.29) is 21.2 Å². The van der Waals surface area contributed by atoms with Crippen LogP contribution in [0.25, 0.3) is 0 Å². The molecule has 1 aliphatic rings. The van der Waals surface area contributed by atoms with Gasteiger partial charge in [-0.05, 0) is 36.4 Å². The van der Waals surface area contributed by atoms with E-state index in [0.29, 0.717) is 16.9 Å². The van der Waals surface area contributed by atoms with Crippen molar-refractivity contribution in [1.29, 1.82) is 0 Å². The summed E-state index contributed by atoms with van der Waals surface area (Å²) in [5, 5.41) is 0.223. The summed E-state index contributed by atoms with van der Waals surface area (Å²) in [6.45, 7) is -0.680. The molecule has 0 spiro atoms. The molecule has 1 atom stereocenters. The van der Waals surface area contributed by atoms with Crippen LogP contribution in [0.5, 0.6) is 5.75 Å². The minimum atomic E-state index is -1.28. The molecule has 0 aliphatic carbocycles. The lowest BCUT2D eigenvalue weighted by Crippen LogP contribution is -2.36. The largest absolute Gasteiger partial charge is 0.497 e. The average molecular weight is 498 g/mol. The summed E-state index contributed by atoms with van der Waals surface area (Å²) in [4.78, 5) is 52.1. The van der Waals surface area contributed by atoms with Gasteiger partial charge in [0.15, 0.2) is 6.10 Å². The number of rotatable bonds is 7. The Bertz CT molecular complexity index is 1250. The summed E-state index contributed by atoms with van der Waals surface area (Å²) in [5.74, 6) is -2.23. The van der Waals surface area contributed by atoms with Crippen LogP contribution in [0.15, 0.2) is 66.7 Å². The quantitative estimate of drug-likeness (QED) is 0.265. The molecule has 0 saturated carbocycles. The Morgan fingerprint density at radius 3 is 1.97 bits per heavy atom. The van der Waals surface area contributed by atoms with Crippen molar-refractivity contribution in [3.8, 4) is 5.75 Å². The molecule has 0 fully saturated rings. The number of hydrogen-bond acceptors (Lipinski definition) is 6. The van der Waals surface area contributed by atoms with Gasteiger partial charge < -0.3 is 9.47 Å². The monoisotopic (exact) mass is 497 g/mol. The van der Waals surface area contributed by atoms with E-state index in [4.69, 9.17) is 32.7 Å². The van der Waals surface area contributed by atoms with Crippen LogP contribution in [0, 0.1) is 0 Å². The van der Waals surface area contributed by atoms with E-state index in [1.807, 2.05) is 0 Å². The van der Waals surface area contributed by atoms with Gasteiger partial charge in [0.25, 0.3) is 11.8 Å². The van der Waals surface area contributed by atoms with Crippen LogP contribution in [0.2, 0.25) is 10.0 Å². The third kappa shape index (κ3) is 4.53. The Balaban J connectivity index is 1.56. The summed E-state index contributed by atoms with van der Waals surface area (Å²) in [6.07, 6.45) is -1.28. The van der Waals surface area contributed by atoms with E-state index in [0.717, 1.165) is 4.90 Å². The molecule has 172 valence electrons. The summed E-state index contributed by atoms with van der Waals surface area (Å²) < 4.78 is 10.6. The highest BCUT2D eigenvalue weighted by Crippen LogP contribution is 2.32. The summed E-state index contributed by atoms with van der Waals surface area (Å²) in [6, 6.07) is 17.4. The Morgan fingerprint density at radius 2 is 1.44 bits per heavy atom. The van der Waals surface area contributed by atoms with Crippen LogP contribution >= 0.6 is 23.2 Å². The third-order valence-corrected chi connectivity index (χ3v) is 5.99. The van der Waals surface area contributed by atoms with E-state index in [9.17, 15) is 19.2 Å². The average Bonchev–Trinajstić information content (AvgIpc) is 3.07. The zero-order valence-electron chi connectivity index (χ0n) is 17.8. The third-order valence-electron chi connectivity index (χ3n) is 5.26. The first-order valence-electron chi connectivity index (χ1n) is 10.1. The van der Waals surface area contributed by atoms with E-state index < -0.39 is 36.2 Å². The van der Waals surface area contributed by atoms with E-state index in [1.165, 1.54) is 19.2 Å². The van der Waals surface area contributed by atoms with Gasteiger partial charge >= 0.3 is 5.97 Å². The number of Topliss-reactive ketones (excluding diaryl/α,β-unsaturated/α-hetero) is 1. The number of carbonyl (C=O) groups is 4. The van der Waals surface area contributed by atoms with Gasteiger partial charge in [0.05, 0.1) is 28.3 Å². The first kappa shape index (κ1) is 23.5. The van der Waals surface area contributed by atoms with E-state index >= 15 is 0 Å². The molecule has 2 amide bonds. The Hall–Kier alpha value is -3.68. The number of ether oxygens (including phenoxy) is 2. The van der Waals surface area contributed by atoms with E-state index in [1.54, 1.807) is 54.6 Å². The molecular weight excluding hydrogens is 481 g/mol. The van der Waals surface area contributed by atoms with Gasteiger partial charge in [0.1, 0.15) is 12.3 Å². The highest BCUT2D eigenvalue weighted by molar-refractivity contribution is 6.43. The first-order chi connectivity index (χ1) is 16.3. The molecule has 34 heavy (non-hydrogen) atoms. The number of imide groups is 1. The zero-order chi connectivity index (χ0) is 24.4. The molecule has 7 nitrogen and oxygen atoms in total. The van der Waals surface area contributed by atoms with Gasteiger partial charge in [-0.15, -0.1) is 0 Å². The highest BCUT2D eigenvalue weighted by Gasteiger charge is 2.38. The van der Waals surface area contributed by atoms with Crippen LogP contribution in [0.3, 0.4) is 0 Å². The molecule has 0 radical (unpaired) electrons. The normalized spacial score (nSPS) is 13.4. The Kier molecular flexibility index (Phi) is 6.68. The highest BCUT2D eigenvalue weighted by atomic mass is 35.5. The fourth-order valence-corrected chi connectivity index (χ4v) is 3.86. The number of nitrogens with zero attached hydrogens (tertiary/aromatic N) is 1. The SMILES string of the molecule is COc1ccc(C(=O)[C@H](OC(=O)CN2C(=O)c3cc(Cl)c(Cl)cc3C2=O)c2ccccc2)cc1. The lowest BCUT2D eigenvalue weighted by molar-refractivity contribution is -0.147. The minimum Gasteiger partial charge on any atom is -0.497 e. The summed E-state index contributed by atoms with van der Waals surface area (Å²) in [5.41, 5.74) is 0.826. The maximum atomic E-state index is 13.2. The molecule has 0 bridgehead atoms. The van der Waals surface area contributed by atoms with Crippen molar-refractivity contribution in [1.82, 2.24) is 4.90 Å². The molecule has 0 unspecified atom stereocenters. The second kappa shape index (κ2) is 9.67. The lowest BCUT2D eigenvalue weighted by Gasteiger charge is -2.19. The van der Waals surface area contributed by atoms with Gasteiger partial charge in [0, 0.05) is 11.1 Å². The smallest absolute Gasteiger partial charge is 0.327 e. The number of benzene rings is 3. The van der Waals surface area contributed by atoms with Crippen molar-refractivity contribution in [3.05, 3.63) is 99.0 Å². The van der Waals surface area contributed by atoms with Crippen LogP contribution < -0.4 is 4.74 Å². The molecule has 4 rings (SSSR count). The van der Waals surface area contributed by atoms with Crippen molar-refractivity contribution in [3.63, 3.8) is 0 Å². The second-order valence-electron chi connectivity index (χ2n) is 7.38. The fourth-order valence-electron chi connectivity index (χ4n) is 3.53. The van der Waals surface area contributed by atoms with Gasteiger partial charge in [-0.1, -0.05) is 53.5 Å². The minimum absolute atomic E-state index is 0.0427. The van der Waals surface area contributed by atoms with Crippen molar-refractivity contribution < 1.29 is 28.7 Å². The number of fused-ring (bicyclic) bond motifs is 1. The number of methoxy groups -OCH3 is 1. The van der Waals surface area contributed by atoms with Gasteiger partial charge in [-0.25, -0.2) is 0 Å². The molecule has 1 aliphatic heterocycles. The molecule has 1 heterocycles. The summed E-state index contributed by atoms with van der Waals surface area (Å²) >= 11 is 11.9. The summed E-state index contributed by atoms with van der Waals surface area (Å²) in [7, 11) is 1.51. The van der Waals surface area contributed by atoms with Gasteiger partial charge in [-0.2, -0.15) is 0 Å². The van der Waals surface area contributed by atoms with Crippen LogP contribution in [0.4, 0.5) is 0 Å². The maximum absolute atomic E-state index is 13.2. The molecule has 0 N–H and O–H groups in total. The standard InChI is InChI=1S/C25H17Cl2NO6/c1-33-16-9-7-14(8-10-16)22(30)23(15-5-3-2-4-6-15)34-21(29)13-28-24(31)17-11-19(26)20(27)12-18(17)25(28)32/h2-12,23H,13H2,1H3/t23-/m1/s1. The Morgan fingerprint density at radius 1 is 0.882 bits per heavy atom. The van der Waals surface area contributed by atoms with Crippen LogP contribution in [-0.2, 0) is 9.53 Å². The Labute approximate surface area is 204 Å². The number of amides is 2. The molecular formula is C25H17Cl2NO6. The molecule has 3 aromatic rings.